The average molecular weight is 924 g/mol. The Labute approximate surface area is 385 Å². The van der Waals surface area contributed by atoms with Crippen LogP contribution in [0.15, 0.2) is 42.7 Å². The lowest BCUT2D eigenvalue weighted by Gasteiger charge is -2.33. The number of rotatable bonds is 15. The normalized spacial score (nSPS) is 18.5. The molecule has 7 heterocycles. The molecule has 5 aliphatic heterocycles. The third-order valence-corrected chi connectivity index (χ3v) is 13.4. The van der Waals surface area contributed by atoms with Crippen molar-refractivity contribution in [2.24, 2.45) is 0 Å². The molecule has 1 atom stereocenters. The molecule has 354 valence electrons. The van der Waals surface area contributed by atoms with E-state index in [9.17, 15) is 37.5 Å². The molecule has 4 aromatic rings. The minimum absolute atomic E-state index is 0.0510. The Morgan fingerprint density at radius 2 is 1.75 bits per heavy atom. The van der Waals surface area contributed by atoms with E-state index in [1.165, 1.54) is 0 Å². The topological polar surface area (TPSA) is 205 Å². The molecule has 5 aliphatic rings. The summed E-state index contributed by atoms with van der Waals surface area (Å²) >= 11 is 0. The van der Waals surface area contributed by atoms with E-state index in [1.807, 2.05) is 6.07 Å². The summed E-state index contributed by atoms with van der Waals surface area (Å²) in [6, 6.07) is 7.28. The smallest absolute Gasteiger partial charge is 0.317 e. The average Bonchev–Trinajstić information content (AvgIpc) is 4.03. The van der Waals surface area contributed by atoms with E-state index in [1.54, 1.807) is 53.3 Å². The van der Waals surface area contributed by atoms with Crippen molar-refractivity contribution in [2.45, 2.75) is 102 Å². The first kappa shape index (κ1) is 45.5. The van der Waals surface area contributed by atoms with Crippen molar-refractivity contribution < 1.29 is 42.3 Å². The van der Waals surface area contributed by atoms with Gasteiger partial charge in [-0.2, -0.15) is 10.2 Å². The van der Waals surface area contributed by atoms with Gasteiger partial charge < -0.3 is 30.5 Å². The van der Waals surface area contributed by atoms with Gasteiger partial charge in [-0.3, -0.25) is 43.6 Å². The molecule has 1 unspecified atom stereocenters. The molecule has 20 heteroatoms. The van der Waals surface area contributed by atoms with Crippen molar-refractivity contribution in [3.8, 4) is 11.1 Å². The van der Waals surface area contributed by atoms with E-state index in [4.69, 9.17) is 9.84 Å². The predicted octanol–water partition coefficient (Wildman–Crippen LogP) is 5.01. The van der Waals surface area contributed by atoms with Gasteiger partial charge in [-0.05, 0) is 86.4 Å². The number of anilines is 3. The maximum absolute atomic E-state index is 15.0. The number of imide groups is 2. The molecule has 0 radical (unpaired) electrons. The number of amides is 7. The fraction of sp³-hybridized carbons (Fsp3) is 0.489. The zero-order valence-corrected chi connectivity index (χ0v) is 37.5. The van der Waals surface area contributed by atoms with Gasteiger partial charge >= 0.3 is 6.03 Å². The van der Waals surface area contributed by atoms with E-state index >= 15 is 0 Å². The first-order chi connectivity index (χ1) is 32.5. The molecule has 9 rings (SSSR count). The number of ether oxygens (including phenoxy) is 1. The number of aryl methyl sites for hydroxylation is 1. The third-order valence-electron chi connectivity index (χ3n) is 13.4. The summed E-state index contributed by atoms with van der Waals surface area (Å²) in [5.74, 6) is -1.60. The van der Waals surface area contributed by atoms with Crippen LogP contribution in [0.2, 0.25) is 0 Å². The number of carbonyl (C=O) groups excluding carboxylic acids is 6. The third kappa shape index (κ3) is 9.35. The SMILES string of the molecule is CNC(=O)N1CCc2c(c(N3CCCc4cc(-c5cnn(CCNC(=O)CCCCCNc6ccc7c(c6)C(=O)N(C6CCC(=O)NC6=O)C7=O)c5)c(C(F)F)cc43)nn2C2CCOCC2)C1. The van der Waals surface area contributed by atoms with Gasteiger partial charge in [0.1, 0.15) is 6.04 Å². The highest BCUT2D eigenvalue weighted by Gasteiger charge is 2.45. The fourth-order valence-corrected chi connectivity index (χ4v) is 9.93. The minimum atomic E-state index is -2.75. The zero-order chi connectivity index (χ0) is 46.8. The molecule has 2 aromatic heterocycles. The van der Waals surface area contributed by atoms with Crippen molar-refractivity contribution in [3.63, 3.8) is 0 Å². The van der Waals surface area contributed by atoms with Crippen LogP contribution in [0.25, 0.3) is 11.1 Å². The van der Waals surface area contributed by atoms with Crippen LogP contribution in [0.3, 0.4) is 0 Å². The lowest BCUT2D eigenvalue weighted by atomic mass is 9.92. The number of halogens is 2. The molecule has 0 spiro atoms. The first-order valence-electron chi connectivity index (χ1n) is 23.2. The standard InChI is InChI=1S/C47H55F2N11O7/c1-50-47(66)56-18-12-37-36(27-56)43(55-60(37)31-13-20-67-21-14-31)58-17-5-6-28-22-33(34(42(48)49)24-39(28)58)29-25-53-57(26-29)19-16-52-40(61)7-3-2-4-15-51-30-8-9-32-35(23-30)46(65)59(45(32)64)38-10-11-41(62)54-44(38)63/h8-9,22-26,31,38,42,51H,2-7,10-21,27H2,1H3,(H,50,66)(H,52,61)(H,54,62,63). The highest BCUT2D eigenvalue weighted by molar-refractivity contribution is 6.23. The summed E-state index contributed by atoms with van der Waals surface area (Å²) in [6.45, 7) is 4.08. The van der Waals surface area contributed by atoms with Crippen LogP contribution >= 0.6 is 0 Å². The molecular weight excluding hydrogens is 869 g/mol. The predicted molar refractivity (Wildman–Crippen MR) is 241 cm³/mol. The number of piperidine rings is 1. The molecular formula is C47H55F2N11O7. The van der Waals surface area contributed by atoms with E-state index in [0.29, 0.717) is 106 Å². The van der Waals surface area contributed by atoms with Crippen molar-refractivity contribution in [3.05, 3.63) is 76.2 Å². The Balaban J connectivity index is 0.770. The summed E-state index contributed by atoms with van der Waals surface area (Å²) in [7, 11) is 1.62. The molecule has 2 saturated heterocycles. The number of carbonyl (C=O) groups is 6. The van der Waals surface area contributed by atoms with Crippen molar-refractivity contribution in [1.82, 2.24) is 45.3 Å². The van der Waals surface area contributed by atoms with Gasteiger partial charge in [0.05, 0.1) is 36.5 Å². The van der Waals surface area contributed by atoms with Gasteiger partial charge in [-0.15, -0.1) is 0 Å². The maximum Gasteiger partial charge on any atom is 0.317 e. The number of alkyl halides is 2. The monoisotopic (exact) mass is 923 g/mol. The number of nitrogens with one attached hydrogen (secondary N) is 4. The number of fused-ring (bicyclic) bond motifs is 3. The zero-order valence-electron chi connectivity index (χ0n) is 37.5. The number of unbranched alkanes of at least 4 members (excludes halogenated alkanes) is 2. The lowest BCUT2D eigenvalue weighted by molar-refractivity contribution is -0.136. The summed E-state index contributed by atoms with van der Waals surface area (Å²) in [5.41, 5.74) is 5.62. The maximum atomic E-state index is 15.0. The Bertz CT molecular complexity index is 2590. The van der Waals surface area contributed by atoms with Gasteiger partial charge in [-0.25, -0.2) is 13.6 Å². The van der Waals surface area contributed by atoms with Gasteiger partial charge in [0.25, 0.3) is 18.2 Å². The van der Waals surface area contributed by atoms with Crippen LogP contribution in [0, 0.1) is 0 Å². The Hall–Kier alpha value is -6.70. The Morgan fingerprint density at radius 3 is 2.54 bits per heavy atom. The molecule has 2 fully saturated rings. The lowest BCUT2D eigenvalue weighted by Crippen LogP contribution is -2.54. The van der Waals surface area contributed by atoms with Gasteiger partial charge in [0, 0.05) is 106 Å². The van der Waals surface area contributed by atoms with E-state index in [-0.39, 0.29) is 47.5 Å². The number of aromatic nitrogens is 4. The highest BCUT2D eigenvalue weighted by atomic mass is 19.3. The van der Waals surface area contributed by atoms with Crippen molar-refractivity contribution in [2.75, 3.05) is 56.7 Å². The minimum Gasteiger partial charge on any atom is -0.385 e. The molecule has 4 N–H and O–H groups in total. The molecule has 0 saturated carbocycles. The van der Waals surface area contributed by atoms with Crippen LogP contribution in [-0.4, -0.2) is 117 Å². The van der Waals surface area contributed by atoms with Crippen molar-refractivity contribution >= 4 is 52.8 Å². The number of urea groups is 1. The molecule has 0 aliphatic carbocycles. The molecule has 0 bridgehead atoms. The van der Waals surface area contributed by atoms with Crippen LogP contribution in [-0.2, 0) is 45.1 Å². The van der Waals surface area contributed by atoms with Gasteiger partial charge in [0.15, 0.2) is 5.82 Å². The summed E-state index contributed by atoms with van der Waals surface area (Å²) in [6.07, 6.45) is 7.01. The van der Waals surface area contributed by atoms with E-state index < -0.39 is 36.1 Å². The Morgan fingerprint density at radius 1 is 0.925 bits per heavy atom. The van der Waals surface area contributed by atoms with Gasteiger partial charge in [0.2, 0.25) is 17.7 Å². The second-order valence-electron chi connectivity index (χ2n) is 17.7. The second-order valence-corrected chi connectivity index (χ2v) is 17.7. The summed E-state index contributed by atoms with van der Waals surface area (Å²) in [5, 5.41) is 20.7. The van der Waals surface area contributed by atoms with Crippen molar-refractivity contribution in [1.29, 1.82) is 0 Å². The Kier molecular flexibility index (Phi) is 13.3. The van der Waals surface area contributed by atoms with Crippen LogP contribution < -0.4 is 26.2 Å². The fourth-order valence-electron chi connectivity index (χ4n) is 9.93. The summed E-state index contributed by atoms with van der Waals surface area (Å²) < 4.78 is 39.4. The van der Waals surface area contributed by atoms with Crippen LogP contribution in [0.4, 0.5) is 30.8 Å². The highest BCUT2D eigenvalue weighted by Crippen LogP contribution is 2.44. The quantitative estimate of drug-likeness (QED) is 0.0922. The number of hydrogen-bond acceptors (Lipinski definition) is 11. The molecule has 2 aromatic carbocycles. The van der Waals surface area contributed by atoms with Crippen LogP contribution in [0.1, 0.15) is 113 Å². The van der Waals surface area contributed by atoms with E-state index in [0.717, 1.165) is 53.8 Å². The second kappa shape index (κ2) is 19.6. The number of nitrogens with zero attached hydrogens (tertiary/aromatic N) is 7. The largest absolute Gasteiger partial charge is 0.385 e. The van der Waals surface area contributed by atoms with E-state index in [2.05, 4.69) is 35.9 Å². The number of benzene rings is 2. The van der Waals surface area contributed by atoms with Crippen LogP contribution in [0.5, 0.6) is 0 Å². The summed E-state index contributed by atoms with van der Waals surface area (Å²) in [4.78, 5) is 80.2. The molecule has 7 amide bonds. The van der Waals surface area contributed by atoms with Gasteiger partial charge in [-0.1, -0.05) is 6.42 Å². The molecule has 18 nitrogen and oxygen atoms in total. The first-order valence-corrected chi connectivity index (χ1v) is 23.2. The molecule has 67 heavy (non-hydrogen) atoms. The number of hydrogen-bond donors (Lipinski definition) is 4.